The van der Waals surface area contributed by atoms with Crippen LogP contribution in [0.5, 0.6) is 0 Å². The molecule has 1 aliphatic carbocycles. The Balaban J connectivity index is 1.84. The zero-order valence-electron chi connectivity index (χ0n) is 10.9. The van der Waals surface area contributed by atoms with E-state index in [1.54, 1.807) is 0 Å². The Morgan fingerprint density at radius 2 is 1.89 bits per heavy atom. The first-order valence-corrected chi connectivity index (χ1v) is 8.42. The SMILES string of the molecule is CC(NCc1ccc(Br)c(Br)c1)C1CCCCC1. The minimum atomic E-state index is 0.632. The minimum absolute atomic E-state index is 0.632. The summed E-state index contributed by atoms with van der Waals surface area (Å²) in [5.41, 5.74) is 1.34. The largest absolute Gasteiger partial charge is 0.310 e. The normalized spacial score (nSPS) is 18.8. The highest BCUT2D eigenvalue weighted by Gasteiger charge is 2.19. The summed E-state index contributed by atoms with van der Waals surface area (Å²) in [4.78, 5) is 0. The third-order valence-electron chi connectivity index (χ3n) is 3.97. The molecule has 1 aromatic carbocycles. The van der Waals surface area contributed by atoms with Crippen molar-refractivity contribution in [2.45, 2.75) is 51.6 Å². The number of benzene rings is 1. The molecule has 0 aliphatic heterocycles. The van der Waals surface area contributed by atoms with Crippen molar-refractivity contribution in [3.63, 3.8) is 0 Å². The molecule has 1 atom stereocenters. The van der Waals surface area contributed by atoms with Crippen LogP contribution in [0.15, 0.2) is 27.1 Å². The molecule has 0 spiro atoms. The van der Waals surface area contributed by atoms with Gasteiger partial charge in [-0.25, -0.2) is 0 Å². The lowest BCUT2D eigenvalue weighted by molar-refractivity contribution is 0.280. The van der Waals surface area contributed by atoms with E-state index in [4.69, 9.17) is 0 Å². The first-order chi connectivity index (χ1) is 8.66. The molecule has 0 amide bonds. The molecule has 0 heterocycles. The van der Waals surface area contributed by atoms with E-state index < -0.39 is 0 Å². The molecule has 1 nitrogen and oxygen atoms in total. The number of halogens is 2. The molecule has 1 aromatic rings. The molecule has 0 radical (unpaired) electrons. The van der Waals surface area contributed by atoms with Crippen LogP contribution in [0, 0.1) is 5.92 Å². The number of hydrogen-bond donors (Lipinski definition) is 1. The Morgan fingerprint density at radius 3 is 2.56 bits per heavy atom. The number of nitrogens with one attached hydrogen (secondary N) is 1. The van der Waals surface area contributed by atoms with E-state index in [-0.39, 0.29) is 0 Å². The average Bonchev–Trinajstić information content (AvgIpc) is 2.41. The summed E-state index contributed by atoms with van der Waals surface area (Å²) in [5, 5.41) is 3.68. The molecule has 100 valence electrons. The van der Waals surface area contributed by atoms with E-state index in [9.17, 15) is 0 Å². The summed E-state index contributed by atoms with van der Waals surface area (Å²) in [6.45, 7) is 3.30. The second-order valence-corrected chi connectivity index (χ2v) is 7.02. The Labute approximate surface area is 127 Å². The van der Waals surface area contributed by atoms with Gasteiger partial charge >= 0.3 is 0 Å². The van der Waals surface area contributed by atoms with Crippen LogP contribution in [0.25, 0.3) is 0 Å². The lowest BCUT2D eigenvalue weighted by Gasteiger charge is -2.28. The third kappa shape index (κ3) is 4.07. The molecule has 18 heavy (non-hydrogen) atoms. The van der Waals surface area contributed by atoms with E-state index in [2.05, 4.69) is 62.3 Å². The van der Waals surface area contributed by atoms with E-state index in [0.29, 0.717) is 6.04 Å². The van der Waals surface area contributed by atoms with Crippen molar-refractivity contribution >= 4 is 31.9 Å². The average molecular weight is 375 g/mol. The van der Waals surface area contributed by atoms with Crippen molar-refractivity contribution in [3.05, 3.63) is 32.7 Å². The Hall–Kier alpha value is 0.140. The molecule has 3 heteroatoms. The van der Waals surface area contributed by atoms with Crippen LogP contribution in [0.1, 0.15) is 44.6 Å². The summed E-state index contributed by atoms with van der Waals surface area (Å²) in [7, 11) is 0. The van der Waals surface area contributed by atoms with Crippen LogP contribution in [-0.2, 0) is 6.54 Å². The second kappa shape index (κ2) is 7.06. The van der Waals surface area contributed by atoms with Gasteiger partial charge in [0, 0.05) is 21.5 Å². The van der Waals surface area contributed by atoms with E-state index in [0.717, 1.165) is 21.4 Å². The Kier molecular flexibility index (Phi) is 5.71. The zero-order chi connectivity index (χ0) is 13.0. The molecule has 1 unspecified atom stereocenters. The van der Waals surface area contributed by atoms with Gasteiger partial charge in [-0.15, -0.1) is 0 Å². The van der Waals surface area contributed by atoms with Crippen LogP contribution in [0.4, 0.5) is 0 Å². The van der Waals surface area contributed by atoms with Gasteiger partial charge in [-0.05, 0) is 75.2 Å². The van der Waals surface area contributed by atoms with Gasteiger partial charge in [0.05, 0.1) is 0 Å². The van der Waals surface area contributed by atoms with Gasteiger partial charge in [-0.3, -0.25) is 0 Å². The van der Waals surface area contributed by atoms with Crippen LogP contribution in [0.3, 0.4) is 0 Å². The van der Waals surface area contributed by atoms with Crippen LogP contribution in [0.2, 0.25) is 0 Å². The van der Waals surface area contributed by atoms with E-state index in [1.807, 2.05) is 0 Å². The summed E-state index contributed by atoms with van der Waals surface area (Å²) < 4.78 is 2.25. The predicted octanol–water partition coefficient (Wildman–Crippen LogP) is 5.27. The van der Waals surface area contributed by atoms with Gasteiger partial charge in [0.1, 0.15) is 0 Å². The van der Waals surface area contributed by atoms with Crippen LogP contribution >= 0.6 is 31.9 Å². The van der Waals surface area contributed by atoms with E-state index >= 15 is 0 Å². The number of rotatable bonds is 4. The van der Waals surface area contributed by atoms with Gasteiger partial charge in [0.2, 0.25) is 0 Å². The van der Waals surface area contributed by atoms with Crippen molar-refractivity contribution < 1.29 is 0 Å². The highest BCUT2D eigenvalue weighted by atomic mass is 79.9. The molecular weight excluding hydrogens is 354 g/mol. The highest BCUT2D eigenvalue weighted by Crippen LogP contribution is 2.27. The van der Waals surface area contributed by atoms with Crippen LogP contribution < -0.4 is 5.32 Å². The van der Waals surface area contributed by atoms with Gasteiger partial charge in [0.15, 0.2) is 0 Å². The maximum Gasteiger partial charge on any atom is 0.0320 e. The van der Waals surface area contributed by atoms with Crippen LogP contribution in [-0.4, -0.2) is 6.04 Å². The Morgan fingerprint density at radius 1 is 1.17 bits per heavy atom. The zero-order valence-corrected chi connectivity index (χ0v) is 14.1. The lowest BCUT2D eigenvalue weighted by atomic mass is 9.84. The fraction of sp³-hybridized carbons (Fsp3) is 0.600. The van der Waals surface area contributed by atoms with Gasteiger partial charge in [-0.2, -0.15) is 0 Å². The van der Waals surface area contributed by atoms with Crippen molar-refractivity contribution in [1.29, 1.82) is 0 Å². The molecule has 2 rings (SSSR count). The highest BCUT2D eigenvalue weighted by molar-refractivity contribution is 9.13. The van der Waals surface area contributed by atoms with E-state index in [1.165, 1.54) is 37.7 Å². The Bertz CT molecular complexity index is 386. The fourth-order valence-electron chi connectivity index (χ4n) is 2.73. The van der Waals surface area contributed by atoms with Gasteiger partial charge in [0.25, 0.3) is 0 Å². The lowest BCUT2D eigenvalue weighted by Crippen LogP contribution is -2.34. The summed E-state index contributed by atoms with van der Waals surface area (Å²) >= 11 is 7.06. The first kappa shape index (κ1) is 14.5. The second-order valence-electron chi connectivity index (χ2n) is 5.32. The molecular formula is C15H21Br2N. The third-order valence-corrected chi connectivity index (χ3v) is 5.85. The molecule has 1 N–H and O–H groups in total. The minimum Gasteiger partial charge on any atom is -0.310 e. The maximum atomic E-state index is 3.68. The maximum absolute atomic E-state index is 3.68. The van der Waals surface area contributed by atoms with Crippen molar-refractivity contribution in [3.8, 4) is 0 Å². The molecule has 0 aromatic heterocycles. The monoisotopic (exact) mass is 373 g/mol. The van der Waals surface area contributed by atoms with Crippen molar-refractivity contribution in [2.75, 3.05) is 0 Å². The standard InChI is InChI=1S/C15H21Br2N/c1-11(13-5-3-2-4-6-13)18-10-12-7-8-14(16)15(17)9-12/h7-9,11,13,18H,2-6,10H2,1H3. The molecule has 0 bridgehead atoms. The predicted molar refractivity (Wildman–Crippen MR) is 84.7 cm³/mol. The molecule has 1 saturated carbocycles. The summed E-state index contributed by atoms with van der Waals surface area (Å²) in [6, 6.07) is 7.10. The quantitative estimate of drug-likeness (QED) is 0.756. The fourth-order valence-corrected chi connectivity index (χ4v) is 3.40. The first-order valence-electron chi connectivity index (χ1n) is 6.84. The smallest absolute Gasteiger partial charge is 0.0320 e. The summed E-state index contributed by atoms with van der Waals surface area (Å²) in [5.74, 6) is 0.873. The summed E-state index contributed by atoms with van der Waals surface area (Å²) in [6.07, 6.45) is 7.07. The molecule has 0 saturated heterocycles. The van der Waals surface area contributed by atoms with Crippen molar-refractivity contribution in [1.82, 2.24) is 5.32 Å². The molecule has 1 fully saturated rings. The van der Waals surface area contributed by atoms with Gasteiger partial charge in [-0.1, -0.05) is 25.3 Å². The topological polar surface area (TPSA) is 12.0 Å². The van der Waals surface area contributed by atoms with Crippen molar-refractivity contribution in [2.24, 2.45) is 5.92 Å². The van der Waals surface area contributed by atoms with Gasteiger partial charge < -0.3 is 5.32 Å². The molecule has 1 aliphatic rings. The number of hydrogen-bond acceptors (Lipinski definition) is 1.